The fourth-order valence-electron chi connectivity index (χ4n) is 2.45. The van der Waals surface area contributed by atoms with E-state index in [9.17, 15) is 22.7 Å². The Morgan fingerprint density at radius 1 is 1.00 bits per heavy atom. The summed E-state index contributed by atoms with van der Waals surface area (Å²) in [5.41, 5.74) is 1.33. The van der Waals surface area contributed by atoms with Crippen LogP contribution in [0.15, 0.2) is 76.1 Å². The lowest BCUT2D eigenvalue weighted by atomic mass is 10.2. The Kier molecular flexibility index (Phi) is 6.19. The number of rotatable bonds is 6. The minimum absolute atomic E-state index is 0.0348. The Morgan fingerprint density at radius 2 is 1.66 bits per heavy atom. The van der Waals surface area contributed by atoms with Gasteiger partial charge in [0.1, 0.15) is 11.6 Å². The third kappa shape index (κ3) is 5.33. The smallest absolute Gasteiger partial charge is 0.261 e. The molecule has 0 saturated carbocycles. The first kappa shape index (κ1) is 20.8. The number of phenolic OH excluding ortho intramolecular Hbond substituents is 1. The van der Waals surface area contributed by atoms with Crippen molar-refractivity contribution in [3.8, 4) is 5.75 Å². The second-order valence-electron chi connectivity index (χ2n) is 6.11. The fourth-order valence-corrected chi connectivity index (χ4v) is 3.89. The van der Waals surface area contributed by atoms with Crippen LogP contribution in [-0.4, -0.2) is 19.4 Å². The van der Waals surface area contributed by atoms with Crippen molar-refractivity contribution in [2.24, 2.45) is 0 Å². The maximum absolute atomic E-state index is 12.9. The van der Waals surface area contributed by atoms with Crippen LogP contribution in [0.25, 0.3) is 0 Å². The molecule has 0 aliphatic rings. The van der Waals surface area contributed by atoms with Gasteiger partial charge in [-0.05, 0) is 76.1 Å². The standard InChI is InChI=1S/C20H16BrFN2O4S/c21-18-11-14(3-10-19(18)25)20(26)23-12-13-1-8-17(9-2-13)29(27,28)24-16-6-4-15(22)5-7-16/h1-11,24-25H,12H2,(H,23,26). The second kappa shape index (κ2) is 8.62. The predicted molar refractivity (Wildman–Crippen MR) is 111 cm³/mol. The zero-order chi connectivity index (χ0) is 21.0. The molecule has 0 aromatic heterocycles. The Bertz CT molecular complexity index is 1130. The van der Waals surface area contributed by atoms with E-state index in [0.717, 1.165) is 12.1 Å². The summed E-state index contributed by atoms with van der Waals surface area (Å²) in [7, 11) is -3.81. The minimum Gasteiger partial charge on any atom is -0.507 e. The van der Waals surface area contributed by atoms with Gasteiger partial charge in [0.25, 0.3) is 15.9 Å². The number of aromatic hydroxyl groups is 1. The van der Waals surface area contributed by atoms with Crippen molar-refractivity contribution in [3.63, 3.8) is 0 Å². The number of hydrogen-bond donors (Lipinski definition) is 3. The molecule has 0 fully saturated rings. The van der Waals surface area contributed by atoms with Crippen LogP contribution in [-0.2, 0) is 16.6 Å². The highest BCUT2D eigenvalue weighted by Gasteiger charge is 2.14. The van der Waals surface area contributed by atoms with Gasteiger partial charge < -0.3 is 10.4 Å². The maximum atomic E-state index is 12.9. The molecule has 0 aliphatic heterocycles. The Morgan fingerprint density at radius 3 is 2.28 bits per heavy atom. The largest absolute Gasteiger partial charge is 0.507 e. The molecule has 3 aromatic carbocycles. The molecule has 0 radical (unpaired) electrons. The zero-order valence-corrected chi connectivity index (χ0v) is 17.3. The second-order valence-corrected chi connectivity index (χ2v) is 8.64. The highest BCUT2D eigenvalue weighted by atomic mass is 79.9. The Balaban J connectivity index is 1.64. The molecule has 0 saturated heterocycles. The molecule has 3 rings (SSSR count). The fraction of sp³-hybridized carbons (Fsp3) is 0.0500. The summed E-state index contributed by atoms with van der Waals surface area (Å²) in [4.78, 5) is 12.2. The van der Waals surface area contributed by atoms with E-state index in [-0.39, 0.29) is 28.8 Å². The molecule has 1 amide bonds. The number of hydrogen-bond acceptors (Lipinski definition) is 4. The summed E-state index contributed by atoms with van der Waals surface area (Å²) >= 11 is 3.15. The van der Waals surface area contributed by atoms with E-state index in [1.165, 1.54) is 42.5 Å². The maximum Gasteiger partial charge on any atom is 0.261 e. The van der Waals surface area contributed by atoms with Crippen LogP contribution in [0.3, 0.4) is 0 Å². The molecule has 0 heterocycles. The number of phenols is 1. The molecular formula is C20H16BrFN2O4S. The van der Waals surface area contributed by atoms with Crippen LogP contribution in [0.1, 0.15) is 15.9 Å². The summed E-state index contributed by atoms with van der Waals surface area (Å²) in [5.74, 6) is -0.757. The molecule has 6 nitrogen and oxygen atoms in total. The average molecular weight is 479 g/mol. The molecule has 3 aromatic rings. The monoisotopic (exact) mass is 478 g/mol. The molecule has 0 spiro atoms. The molecule has 0 bridgehead atoms. The van der Waals surface area contributed by atoms with Gasteiger partial charge in [-0.15, -0.1) is 0 Å². The van der Waals surface area contributed by atoms with Crippen LogP contribution < -0.4 is 10.0 Å². The van der Waals surface area contributed by atoms with Crippen LogP contribution in [0.5, 0.6) is 5.75 Å². The highest BCUT2D eigenvalue weighted by molar-refractivity contribution is 9.10. The van der Waals surface area contributed by atoms with Crippen molar-refractivity contribution in [1.29, 1.82) is 0 Å². The summed E-state index contributed by atoms with van der Waals surface area (Å²) in [6.07, 6.45) is 0. The topological polar surface area (TPSA) is 95.5 Å². The first-order chi connectivity index (χ1) is 13.7. The van der Waals surface area contributed by atoms with E-state index in [4.69, 9.17) is 0 Å². The van der Waals surface area contributed by atoms with E-state index in [0.29, 0.717) is 15.6 Å². The van der Waals surface area contributed by atoms with Gasteiger partial charge in [0, 0.05) is 17.8 Å². The summed E-state index contributed by atoms with van der Waals surface area (Å²) in [6.45, 7) is 0.197. The van der Waals surface area contributed by atoms with Crippen LogP contribution in [0.4, 0.5) is 10.1 Å². The predicted octanol–water partition coefficient (Wildman–Crippen LogP) is 4.02. The normalized spacial score (nSPS) is 11.1. The number of carbonyl (C=O) groups is 1. The van der Waals surface area contributed by atoms with Crippen molar-refractivity contribution < 1.29 is 22.7 Å². The van der Waals surface area contributed by atoms with Crippen LogP contribution >= 0.6 is 15.9 Å². The van der Waals surface area contributed by atoms with Crippen LogP contribution in [0, 0.1) is 5.82 Å². The third-order valence-corrected chi connectivity index (χ3v) is 6.03. The van der Waals surface area contributed by atoms with E-state index in [1.807, 2.05) is 0 Å². The molecule has 0 aliphatic carbocycles. The van der Waals surface area contributed by atoms with Gasteiger partial charge in [0.2, 0.25) is 0 Å². The minimum atomic E-state index is -3.81. The van der Waals surface area contributed by atoms with Gasteiger partial charge in [-0.3, -0.25) is 9.52 Å². The average Bonchev–Trinajstić information content (AvgIpc) is 2.70. The summed E-state index contributed by atoms with van der Waals surface area (Å²) in [5, 5.41) is 12.2. The molecule has 3 N–H and O–H groups in total. The van der Waals surface area contributed by atoms with Gasteiger partial charge in [0.05, 0.1) is 9.37 Å². The molecular weight excluding hydrogens is 463 g/mol. The van der Waals surface area contributed by atoms with Crippen molar-refractivity contribution >= 4 is 37.5 Å². The number of halogens is 2. The van der Waals surface area contributed by atoms with Gasteiger partial charge in [-0.1, -0.05) is 12.1 Å². The number of sulfonamides is 1. The number of benzene rings is 3. The molecule has 150 valence electrons. The first-order valence-corrected chi connectivity index (χ1v) is 10.7. The lowest BCUT2D eigenvalue weighted by Gasteiger charge is -2.10. The first-order valence-electron chi connectivity index (χ1n) is 8.39. The summed E-state index contributed by atoms with van der Waals surface area (Å²) in [6, 6.07) is 15.4. The Labute approximate surface area is 175 Å². The van der Waals surface area contributed by atoms with Gasteiger partial charge in [-0.25, -0.2) is 12.8 Å². The molecule has 0 atom stereocenters. The Hall–Kier alpha value is -2.91. The number of carbonyl (C=O) groups excluding carboxylic acids is 1. The number of nitrogens with one attached hydrogen (secondary N) is 2. The van der Waals surface area contributed by atoms with E-state index >= 15 is 0 Å². The number of amides is 1. The SMILES string of the molecule is O=C(NCc1ccc(S(=O)(=O)Nc2ccc(F)cc2)cc1)c1ccc(O)c(Br)c1. The van der Waals surface area contributed by atoms with E-state index in [1.54, 1.807) is 12.1 Å². The highest BCUT2D eigenvalue weighted by Crippen LogP contribution is 2.24. The molecule has 29 heavy (non-hydrogen) atoms. The lowest BCUT2D eigenvalue weighted by molar-refractivity contribution is 0.0951. The van der Waals surface area contributed by atoms with Crippen molar-refractivity contribution in [3.05, 3.63) is 88.1 Å². The quantitative estimate of drug-likeness (QED) is 0.498. The van der Waals surface area contributed by atoms with Crippen LogP contribution in [0.2, 0.25) is 0 Å². The van der Waals surface area contributed by atoms with Crippen molar-refractivity contribution in [2.75, 3.05) is 4.72 Å². The van der Waals surface area contributed by atoms with Gasteiger partial charge in [-0.2, -0.15) is 0 Å². The lowest BCUT2D eigenvalue weighted by Crippen LogP contribution is -2.22. The molecule has 0 unspecified atom stereocenters. The van der Waals surface area contributed by atoms with E-state index < -0.39 is 15.8 Å². The van der Waals surface area contributed by atoms with Crippen molar-refractivity contribution in [2.45, 2.75) is 11.4 Å². The van der Waals surface area contributed by atoms with E-state index in [2.05, 4.69) is 26.0 Å². The van der Waals surface area contributed by atoms with Crippen molar-refractivity contribution in [1.82, 2.24) is 5.32 Å². The molecule has 9 heteroatoms. The zero-order valence-electron chi connectivity index (χ0n) is 14.9. The number of anilines is 1. The third-order valence-electron chi connectivity index (χ3n) is 3.99. The van der Waals surface area contributed by atoms with Gasteiger partial charge >= 0.3 is 0 Å². The van der Waals surface area contributed by atoms with Gasteiger partial charge in [0.15, 0.2) is 0 Å². The summed E-state index contributed by atoms with van der Waals surface area (Å²) < 4.78 is 40.5.